The number of aryl methyl sites for hydroxylation is 1. The smallest absolute Gasteiger partial charge is 0.382 e. The average Bonchev–Trinajstić information content (AvgIpc) is 2.34. The van der Waals surface area contributed by atoms with Crippen LogP contribution in [-0.4, -0.2) is 38.3 Å². The zero-order chi connectivity index (χ0) is 16.4. The van der Waals surface area contributed by atoms with Gasteiger partial charge in [0.15, 0.2) is 6.10 Å². The van der Waals surface area contributed by atoms with Crippen LogP contribution in [0.5, 0.6) is 0 Å². The standard InChI is InChI=1S/C11H13F3N2O4S/c1-6-2-3-7(4-8(6)10(15)18)21(19,20)16-5-9(17)11(12,13)14/h2-4,9,16-17H,5H2,1H3,(H2,15,18). The van der Waals surface area contributed by atoms with E-state index in [2.05, 4.69) is 0 Å². The number of hydrogen-bond donors (Lipinski definition) is 3. The number of sulfonamides is 1. The summed E-state index contributed by atoms with van der Waals surface area (Å²) in [5.41, 5.74) is 5.43. The summed E-state index contributed by atoms with van der Waals surface area (Å²) in [7, 11) is -4.31. The Morgan fingerprint density at radius 1 is 1.43 bits per heavy atom. The molecule has 0 aromatic heterocycles. The van der Waals surface area contributed by atoms with Gasteiger partial charge in [-0.3, -0.25) is 4.79 Å². The molecule has 0 spiro atoms. The third-order valence-electron chi connectivity index (χ3n) is 2.63. The van der Waals surface area contributed by atoms with Crippen molar-refractivity contribution in [3.05, 3.63) is 29.3 Å². The van der Waals surface area contributed by atoms with Gasteiger partial charge in [0.25, 0.3) is 0 Å². The maximum Gasteiger partial charge on any atom is 0.415 e. The van der Waals surface area contributed by atoms with E-state index in [-0.39, 0.29) is 5.56 Å². The van der Waals surface area contributed by atoms with Crippen molar-refractivity contribution in [3.8, 4) is 0 Å². The Kier molecular flexibility index (Phi) is 4.97. The summed E-state index contributed by atoms with van der Waals surface area (Å²) in [6.07, 6.45) is -7.76. The van der Waals surface area contributed by atoms with Crippen LogP contribution in [0.25, 0.3) is 0 Å². The number of carbonyl (C=O) groups excluding carboxylic acids is 1. The molecule has 4 N–H and O–H groups in total. The molecule has 6 nitrogen and oxygen atoms in total. The van der Waals surface area contributed by atoms with Crippen molar-refractivity contribution in [3.63, 3.8) is 0 Å². The molecule has 1 atom stereocenters. The molecule has 1 aromatic carbocycles. The number of carbonyl (C=O) groups is 1. The second-order valence-electron chi connectivity index (χ2n) is 4.25. The molecule has 0 radical (unpaired) electrons. The highest BCUT2D eigenvalue weighted by Crippen LogP contribution is 2.20. The summed E-state index contributed by atoms with van der Waals surface area (Å²) < 4.78 is 61.5. The van der Waals surface area contributed by atoms with Crippen molar-refractivity contribution >= 4 is 15.9 Å². The van der Waals surface area contributed by atoms with Crippen molar-refractivity contribution in [2.75, 3.05) is 6.54 Å². The van der Waals surface area contributed by atoms with Crippen LogP contribution in [-0.2, 0) is 10.0 Å². The molecule has 0 bridgehead atoms. The Bertz CT molecular complexity index is 643. The van der Waals surface area contributed by atoms with E-state index in [0.717, 1.165) is 12.1 Å². The molecule has 0 aliphatic rings. The zero-order valence-corrected chi connectivity index (χ0v) is 11.6. The molecule has 0 heterocycles. The highest BCUT2D eigenvalue weighted by atomic mass is 32.2. The van der Waals surface area contributed by atoms with Crippen LogP contribution in [0.15, 0.2) is 23.1 Å². The summed E-state index contributed by atoms with van der Waals surface area (Å²) in [6.45, 7) is 0.295. The van der Waals surface area contributed by atoms with Gasteiger partial charge in [0.05, 0.1) is 4.90 Å². The molecule has 0 aliphatic heterocycles. The van der Waals surface area contributed by atoms with E-state index >= 15 is 0 Å². The Morgan fingerprint density at radius 3 is 2.48 bits per heavy atom. The number of rotatable bonds is 5. The van der Waals surface area contributed by atoms with Crippen molar-refractivity contribution in [1.29, 1.82) is 0 Å². The first-order valence-electron chi connectivity index (χ1n) is 5.60. The van der Waals surface area contributed by atoms with Crippen LogP contribution >= 0.6 is 0 Å². The number of aliphatic hydroxyl groups excluding tert-OH is 1. The number of nitrogens with one attached hydrogen (secondary N) is 1. The molecule has 1 amide bonds. The summed E-state index contributed by atoms with van der Waals surface area (Å²) in [5, 5.41) is 8.76. The molecule has 1 rings (SSSR count). The van der Waals surface area contributed by atoms with E-state index in [9.17, 15) is 26.4 Å². The van der Waals surface area contributed by atoms with E-state index in [0.29, 0.717) is 5.56 Å². The monoisotopic (exact) mass is 326 g/mol. The lowest BCUT2D eigenvalue weighted by Gasteiger charge is -2.15. The Hall–Kier alpha value is -1.65. The van der Waals surface area contributed by atoms with Gasteiger partial charge in [0.1, 0.15) is 0 Å². The molecule has 1 aromatic rings. The van der Waals surface area contributed by atoms with Crippen LogP contribution in [0, 0.1) is 6.92 Å². The Morgan fingerprint density at radius 2 is 2.00 bits per heavy atom. The maximum atomic E-state index is 12.1. The van der Waals surface area contributed by atoms with Crippen LogP contribution < -0.4 is 10.5 Å². The maximum absolute atomic E-state index is 12.1. The second-order valence-corrected chi connectivity index (χ2v) is 6.02. The molecule has 1 unspecified atom stereocenters. The van der Waals surface area contributed by atoms with Gasteiger partial charge in [-0.25, -0.2) is 13.1 Å². The minimum absolute atomic E-state index is 0.0609. The van der Waals surface area contributed by atoms with E-state index in [1.807, 2.05) is 0 Å². The number of amides is 1. The quantitative estimate of drug-likeness (QED) is 0.722. The SMILES string of the molecule is Cc1ccc(S(=O)(=O)NCC(O)C(F)(F)F)cc1C(N)=O. The first kappa shape index (κ1) is 17.4. The minimum Gasteiger partial charge on any atom is -0.382 e. The molecule has 0 aliphatic carbocycles. The first-order valence-corrected chi connectivity index (χ1v) is 7.08. The van der Waals surface area contributed by atoms with Crippen LogP contribution in [0.1, 0.15) is 15.9 Å². The average molecular weight is 326 g/mol. The predicted octanol–water partition coefficient (Wildman–Crippen LogP) is 0.295. The summed E-state index contributed by atoms with van der Waals surface area (Å²) in [4.78, 5) is 10.7. The highest BCUT2D eigenvalue weighted by Gasteiger charge is 2.38. The van der Waals surface area contributed by atoms with Crippen LogP contribution in [0.2, 0.25) is 0 Å². The number of nitrogens with two attached hydrogens (primary N) is 1. The molecule has 118 valence electrons. The summed E-state index contributed by atoms with van der Waals surface area (Å²) in [6, 6.07) is 3.37. The second kappa shape index (κ2) is 6.00. The van der Waals surface area contributed by atoms with Gasteiger partial charge >= 0.3 is 6.18 Å². The first-order chi connectivity index (χ1) is 9.45. The Balaban J connectivity index is 2.99. The topological polar surface area (TPSA) is 109 Å². The van der Waals surface area contributed by atoms with Gasteiger partial charge in [-0.1, -0.05) is 6.07 Å². The third-order valence-corrected chi connectivity index (χ3v) is 4.05. The van der Waals surface area contributed by atoms with Gasteiger partial charge in [0.2, 0.25) is 15.9 Å². The Labute approximate surface area is 118 Å². The third kappa shape index (κ3) is 4.41. The number of benzene rings is 1. The fourth-order valence-electron chi connectivity index (χ4n) is 1.42. The molecule has 21 heavy (non-hydrogen) atoms. The number of hydrogen-bond acceptors (Lipinski definition) is 4. The molecule has 0 saturated carbocycles. The lowest BCUT2D eigenvalue weighted by molar-refractivity contribution is -0.200. The van der Waals surface area contributed by atoms with Gasteiger partial charge in [0, 0.05) is 12.1 Å². The predicted molar refractivity (Wildman–Crippen MR) is 66.9 cm³/mol. The zero-order valence-electron chi connectivity index (χ0n) is 10.8. The van der Waals surface area contributed by atoms with Crippen molar-refractivity contribution in [2.24, 2.45) is 5.73 Å². The number of alkyl halides is 3. The number of halogens is 3. The lowest BCUT2D eigenvalue weighted by Crippen LogP contribution is -2.40. The summed E-state index contributed by atoms with van der Waals surface area (Å²) in [5.74, 6) is -0.861. The fourth-order valence-corrected chi connectivity index (χ4v) is 2.49. The van der Waals surface area contributed by atoms with E-state index < -0.39 is 39.7 Å². The molecule has 0 fully saturated rings. The normalized spacial score (nSPS) is 14.0. The summed E-state index contributed by atoms with van der Waals surface area (Å²) >= 11 is 0. The fraction of sp³-hybridized carbons (Fsp3) is 0.364. The van der Waals surface area contributed by atoms with Gasteiger partial charge < -0.3 is 10.8 Å². The number of aliphatic hydroxyl groups is 1. The lowest BCUT2D eigenvalue weighted by atomic mass is 10.1. The van der Waals surface area contributed by atoms with Crippen molar-refractivity contribution in [1.82, 2.24) is 4.72 Å². The largest absolute Gasteiger partial charge is 0.415 e. The molecular formula is C11H13F3N2O4S. The van der Waals surface area contributed by atoms with E-state index in [4.69, 9.17) is 10.8 Å². The van der Waals surface area contributed by atoms with Gasteiger partial charge in [-0.05, 0) is 24.6 Å². The minimum atomic E-state index is -4.94. The van der Waals surface area contributed by atoms with Crippen molar-refractivity contribution in [2.45, 2.75) is 24.1 Å². The molecular weight excluding hydrogens is 313 g/mol. The van der Waals surface area contributed by atoms with Crippen molar-refractivity contribution < 1.29 is 31.5 Å². The van der Waals surface area contributed by atoms with Crippen LogP contribution in [0.3, 0.4) is 0 Å². The van der Waals surface area contributed by atoms with Gasteiger partial charge in [-0.2, -0.15) is 13.2 Å². The molecule has 10 heteroatoms. The van der Waals surface area contributed by atoms with E-state index in [1.165, 1.54) is 13.0 Å². The van der Waals surface area contributed by atoms with Crippen LogP contribution in [0.4, 0.5) is 13.2 Å². The highest BCUT2D eigenvalue weighted by molar-refractivity contribution is 7.89. The number of primary amides is 1. The van der Waals surface area contributed by atoms with Gasteiger partial charge in [-0.15, -0.1) is 0 Å². The van der Waals surface area contributed by atoms with E-state index in [1.54, 1.807) is 4.72 Å². The molecule has 0 saturated heterocycles.